The molecule has 2 heterocycles. The molecule has 0 amide bonds. The molecule has 0 spiro atoms. The van der Waals surface area contributed by atoms with Crippen molar-refractivity contribution < 1.29 is 13.2 Å². The second-order valence-corrected chi connectivity index (χ2v) is 19.6. The Bertz CT molecular complexity index is 2120. The minimum absolute atomic E-state index is 0.0684. The van der Waals surface area contributed by atoms with E-state index in [-0.39, 0.29) is 22.7 Å². The average Bonchev–Trinajstić information content (AvgIpc) is 3.10. The van der Waals surface area contributed by atoms with Gasteiger partial charge in [0, 0.05) is 21.6 Å². The van der Waals surface area contributed by atoms with Gasteiger partial charge in [-0.25, -0.2) is 14.6 Å². The highest BCUT2D eigenvalue weighted by Crippen LogP contribution is 2.43. The summed E-state index contributed by atoms with van der Waals surface area (Å²) < 4.78 is 26.8. The zero-order valence-corrected chi connectivity index (χ0v) is 28.7. The molecule has 0 fully saturated rings. The zero-order chi connectivity index (χ0) is 31.6. The number of hydrogen-bond donors (Lipinski definition) is 0. The minimum Gasteiger partial charge on any atom is -0.457 e. The highest BCUT2D eigenvalue weighted by molar-refractivity contribution is 7.89. The van der Waals surface area contributed by atoms with Crippen molar-refractivity contribution in [2.24, 2.45) is 11.8 Å². The summed E-state index contributed by atoms with van der Waals surface area (Å²) in [5.74, 6) is -0.186. The van der Waals surface area contributed by atoms with Gasteiger partial charge in [0.2, 0.25) is 0 Å². The third-order valence-electron chi connectivity index (χ3n) is 10.6. The van der Waals surface area contributed by atoms with Gasteiger partial charge in [-0.05, 0) is 69.8 Å². The fourth-order valence-corrected chi connectivity index (χ4v) is 12.9. The largest absolute Gasteiger partial charge is 0.457 e. The molecule has 3 aromatic carbocycles. The Morgan fingerprint density at radius 2 is 1.67 bits per heavy atom. The molecule has 0 bridgehead atoms. The van der Waals surface area contributed by atoms with E-state index in [1.54, 1.807) is 0 Å². The van der Waals surface area contributed by atoms with Gasteiger partial charge in [0.15, 0.2) is 5.78 Å². The number of fused-ring (bicyclic) bond motifs is 3. The van der Waals surface area contributed by atoms with Gasteiger partial charge in [-0.3, -0.25) is 4.79 Å². The molecule has 0 saturated heterocycles. The number of carbonyl (C=O) groups excluding carboxylic acids is 1. The Morgan fingerprint density at radius 1 is 0.891 bits per heavy atom. The lowest BCUT2D eigenvalue weighted by Gasteiger charge is -2.37. The van der Waals surface area contributed by atoms with Gasteiger partial charge < -0.3 is 4.21 Å². The lowest BCUT2D eigenvalue weighted by Crippen LogP contribution is -2.38. The van der Waals surface area contributed by atoms with Crippen LogP contribution in [0.3, 0.4) is 0 Å². The number of rotatable bonds is 4. The lowest BCUT2D eigenvalue weighted by atomic mass is 9.82. The smallest absolute Gasteiger partial charge is 0.170 e. The summed E-state index contributed by atoms with van der Waals surface area (Å²) in [4.78, 5) is 16.5. The molecule has 5 unspecified atom stereocenters. The monoisotopic (exact) mass is 655 g/mol. The van der Waals surface area contributed by atoms with Crippen LogP contribution in [-0.4, -0.2) is 23.7 Å². The van der Waals surface area contributed by atoms with Crippen molar-refractivity contribution in [3.8, 4) is 11.1 Å². The van der Waals surface area contributed by atoms with Crippen LogP contribution in [0.2, 0.25) is 11.6 Å². The zero-order valence-electron chi connectivity index (χ0n) is 25.9. The van der Waals surface area contributed by atoms with Crippen LogP contribution in [0.5, 0.6) is 0 Å². The normalized spacial score (nSPS) is 27.1. The summed E-state index contributed by atoms with van der Waals surface area (Å²) in [5, 5.41) is 1.52. The first-order valence-electron chi connectivity index (χ1n) is 16.0. The van der Waals surface area contributed by atoms with E-state index in [4.69, 9.17) is 0 Å². The van der Waals surface area contributed by atoms with Crippen molar-refractivity contribution in [2.45, 2.75) is 47.6 Å². The van der Waals surface area contributed by atoms with Gasteiger partial charge >= 0.3 is 0 Å². The maximum absolute atomic E-state index is 13.5. The molecule has 3 aromatic rings. The van der Waals surface area contributed by atoms with E-state index in [0.29, 0.717) is 12.0 Å². The van der Waals surface area contributed by atoms with E-state index in [9.17, 15) is 13.2 Å². The second-order valence-electron chi connectivity index (χ2n) is 13.2. The van der Waals surface area contributed by atoms with E-state index >= 15 is 0 Å². The molecular weight excluding hydrogens is 621 g/mol. The molecule has 6 heteroatoms. The Hall–Kier alpha value is -3.84. The standard InChI is InChI=1S/C40H35O3S2Si/c1-40(21-19-27(20-22-40)29-15-18-34-38(25-29)45(43)36-10-6-4-8-33(36)39(34)41)46(2)32-16-13-26(14-17-32)28-11-12-31-23-30-7-3-5-9-35(30)44(42)37(31)24-28/h3-21,24,29,33,46H,22-23,25H2,1-2H3/q-1. The maximum atomic E-state index is 13.5. The third kappa shape index (κ3) is 4.89. The minimum atomic E-state index is -1.39. The molecule has 5 atom stereocenters. The van der Waals surface area contributed by atoms with Crippen LogP contribution < -0.4 is 5.19 Å². The van der Waals surface area contributed by atoms with E-state index in [2.05, 4.69) is 86.3 Å². The second kappa shape index (κ2) is 11.4. The molecule has 5 aliphatic rings. The van der Waals surface area contributed by atoms with Crippen molar-refractivity contribution in [3.05, 3.63) is 149 Å². The molecule has 46 heavy (non-hydrogen) atoms. The number of benzene rings is 3. The summed E-state index contributed by atoms with van der Waals surface area (Å²) in [7, 11) is -3.81. The molecule has 0 aromatic heterocycles. The summed E-state index contributed by atoms with van der Waals surface area (Å²) in [6, 6.07) is 23.5. The molecule has 3 aliphatic carbocycles. The van der Waals surface area contributed by atoms with Gasteiger partial charge in [0.1, 0.15) is 0 Å². The number of Topliss-reactive ketones (excluding diaryl/α,β-unsaturated/α-hetero) is 1. The van der Waals surface area contributed by atoms with E-state index < -0.39 is 30.0 Å². The highest BCUT2D eigenvalue weighted by Gasteiger charge is 2.34. The molecule has 230 valence electrons. The van der Waals surface area contributed by atoms with Crippen molar-refractivity contribution in [2.75, 3.05) is 0 Å². The Kier molecular flexibility index (Phi) is 7.35. The van der Waals surface area contributed by atoms with Crippen LogP contribution in [0.15, 0.2) is 147 Å². The average molecular weight is 656 g/mol. The number of ketones is 1. The SMILES string of the molecule is C[SiH](c1ccc(-c2ccc3c(c2)S(=O)c2ccccc2C3)cc1)C1(C)C=CC(C2C=CC3=C(C2)[S-](=O)=C2C=CC=CC2C3=O)=CC1. The molecular formula is C40H35O3S2Si-. The molecule has 3 nitrogen and oxygen atoms in total. The van der Waals surface area contributed by atoms with Crippen molar-refractivity contribution in [3.63, 3.8) is 0 Å². The molecule has 0 radical (unpaired) electrons. The van der Waals surface area contributed by atoms with Crippen molar-refractivity contribution in [1.29, 1.82) is 0 Å². The third-order valence-corrected chi connectivity index (χ3v) is 17.6. The summed E-state index contributed by atoms with van der Waals surface area (Å²) in [6.45, 7) is 4.82. The van der Waals surface area contributed by atoms with Gasteiger partial charge in [0.25, 0.3) is 0 Å². The summed E-state index contributed by atoms with van der Waals surface area (Å²) >= 11 is 0. The van der Waals surface area contributed by atoms with Gasteiger partial charge in [-0.2, -0.15) is 0 Å². The fourth-order valence-electron chi connectivity index (χ4n) is 7.44. The van der Waals surface area contributed by atoms with Crippen LogP contribution in [0, 0.1) is 11.8 Å². The first-order valence-corrected chi connectivity index (χ1v) is 20.6. The molecule has 0 saturated carbocycles. The van der Waals surface area contributed by atoms with Gasteiger partial charge in [-0.15, -0.1) is 9.77 Å². The van der Waals surface area contributed by atoms with Crippen molar-refractivity contribution >= 4 is 45.8 Å². The lowest BCUT2D eigenvalue weighted by molar-refractivity contribution is -0.116. The Balaban J connectivity index is 0.971. The van der Waals surface area contributed by atoms with Gasteiger partial charge in [0.05, 0.1) is 19.6 Å². The van der Waals surface area contributed by atoms with Crippen molar-refractivity contribution in [1.82, 2.24) is 0 Å². The molecule has 0 N–H and O–H groups in total. The number of allylic oxidation sites excluding steroid dienone is 12. The van der Waals surface area contributed by atoms with E-state index in [0.717, 1.165) is 54.7 Å². The quantitative estimate of drug-likeness (QED) is 0.131. The number of carbonyl (C=O) groups is 1. The van der Waals surface area contributed by atoms with Gasteiger partial charge in [-0.1, -0.05) is 128 Å². The summed E-state index contributed by atoms with van der Waals surface area (Å²) in [6.07, 6.45) is 21.0. The first-order chi connectivity index (χ1) is 22.3. The van der Waals surface area contributed by atoms with Crippen LogP contribution in [-0.2, 0) is 36.6 Å². The van der Waals surface area contributed by atoms with Crippen LogP contribution >= 0.6 is 0 Å². The first kappa shape index (κ1) is 29.6. The fraction of sp³-hybridized carbons (Fsp3) is 0.200. The Labute approximate surface area is 276 Å². The summed E-state index contributed by atoms with van der Waals surface area (Å²) in [5.41, 5.74) is 6.45. The predicted octanol–water partition coefficient (Wildman–Crippen LogP) is 7.43. The van der Waals surface area contributed by atoms with Crippen LogP contribution in [0.4, 0.5) is 0 Å². The topological polar surface area (TPSA) is 51.2 Å². The Morgan fingerprint density at radius 3 is 2.48 bits per heavy atom. The van der Waals surface area contributed by atoms with E-state index in [1.807, 2.05) is 48.6 Å². The maximum Gasteiger partial charge on any atom is 0.170 e. The highest BCUT2D eigenvalue weighted by atomic mass is 32.2. The predicted molar refractivity (Wildman–Crippen MR) is 193 cm³/mol. The van der Waals surface area contributed by atoms with Crippen LogP contribution in [0.25, 0.3) is 11.1 Å². The molecule has 8 rings (SSSR count). The number of hydrogen-bond acceptors (Lipinski definition) is 4. The van der Waals surface area contributed by atoms with E-state index in [1.165, 1.54) is 10.8 Å². The molecule has 2 aliphatic heterocycles. The van der Waals surface area contributed by atoms with Crippen LogP contribution in [0.1, 0.15) is 30.9 Å².